The van der Waals surface area contributed by atoms with Crippen molar-refractivity contribution in [3.05, 3.63) is 83.8 Å². The number of nitrogens with zero attached hydrogens (tertiary/aromatic N) is 3. The van der Waals surface area contributed by atoms with Crippen LogP contribution in [0.1, 0.15) is 12.3 Å². The Kier molecular flexibility index (Phi) is 5.63. The van der Waals surface area contributed by atoms with E-state index in [1.807, 2.05) is 48.5 Å². The summed E-state index contributed by atoms with van der Waals surface area (Å²) in [5, 5.41) is 7.36. The summed E-state index contributed by atoms with van der Waals surface area (Å²) in [5.74, 6) is 1.20. The van der Waals surface area contributed by atoms with Gasteiger partial charge in [0.15, 0.2) is 0 Å². The van der Waals surface area contributed by atoms with Crippen LogP contribution in [0.5, 0.6) is 0 Å². The van der Waals surface area contributed by atoms with Crippen molar-refractivity contribution in [3.8, 4) is 22.5 Å². The van der Waals surface area contributed by atoms with E-state index in [2.05, 4.69) is 20.4 Å². The first-order valence-electron chi connectivity index (χ1n) is 9.07. The number of aryl methyl sites for hydroxylation is 1. The maximum atomic E-state index is 12.2. The van der Waals surface area contributed by atoms with E-state index in [-0.39, 0.29) is 12.3 Å². The molecular weight excluding hydrogens is 388 g/mol. The van der Waals surface area contributed by atoms with Gasteiger partial charge in [0.1, 0.15) is 5.82 Å². The van der Waals surface area contributed by atoms with Crippen molar-refractivity contribution in [3.63, 3.8) is 0 Å². The van der Waals surface area contributed by atoms with Gasteiger partial charge in [-0.05, 0) is 42.0 Å². The molecule has 0 bridgehead atoms. The molecule has 6 nitrogen and oxygen atoms in total. The fourth-order valence-electron chi connectivity index (χ4n) is 2.77. The van der Waals surface area contributed by atoms with Crippen LogP contribution < -0.4 is 5.32 Å². The molecule has 0 aliphatic rings. The number of rotatable bonds is 6. The van der Waals surface area contributed by atoms with Gasteiger partial charge in [0.25, 0.3) is 0 Å². The van der Waals surface area contributed by atoms with Gasteiger partial charge in [0, 0.05) is 35.2 Å². The lowest BCUT2D eigenvalue weighted by Crippen LogP contribution is -2.13. The maximum Gasteiger partial charge on any atom is 0.227 e. The van der Waals surface area contributed by atoms with E-state index >= 15 is 0 Å². The number of pyridine rings is 1. The van der Waals surface area contributed by atoms with Crippen LogP contribution in [0.3, 0.4) is 0 Å². The average Bonchev–Trinajstić information content (AvgIpc) is 3.23. The quantitative estimate of drug-likeness (QED) is 0.487. The molecule has 0 fully saturated rings. The molecule has 2 aromatic heterocycles. The molecular formula is C22H17ClN4O2. The summed E-state index contributed by atoms with van der Waals surface area (Å²) in [5.41, 5.74) is 2.87. The number of anilines is 1. The maximum absolute atomic E-state index is 12.2. The number of nitrogens with one attached hydrogen (secondary N) is 1. The zero-order valence-corrected chi connectivity index (χ0v) is 16.1. The first-order chi connectivity index (χ1) is 14.2. The molecule has 0 atom stereocenters. The van der Waals surface area contributed by atoms with Gasteiger partial charge in [-0.3, -0.25) is 4.79 Å². The van der Waals surface area contributed by atoms with Gasteiger partial charge in [-0.1, -0.05) is 47.1 Å². The van der Waals surface area contributed by atoms with Crippen molar-refractivity contribution in [1.82, 2.24) is 15.1 Å². The third-order valence-corrected chi connectivity index (χ3v) is 4.53. The van der Waals surface area contributed by atoms with E-state index in [9.17, 15) is 4.79 Å². The van der Waals surface area contributed by atoms with E-state index in [1.165, 1.54) is 0 Å². The highest BCUT2D eigenvalue weighted by Crippen LogP contribution is 2.20. The second-order valence-corrected chi connectivity index (χ2v) is 6.80. The Hall–Kier alpha value is -3.51. The standard InChI is InChI=1S/C22H17ClN4O2/c23-18-9-6-16(7-10-18)22-26-21(29-27-22)13-12-20(28)25-19-11-8-17(14-24-19)15-4-2-1-3-5-15/h1-11,14H,12-13H2,(H,24,25,28). The summed E-state index contributed by atoms with van der Waals surface area (Å²) in [7, 11) is 0. The lowest BCUT2D eigenvalue weighted by Gasteiger charge is -2.05. The van der Waals surface area contributed by atoms with E-state index in [0.29, 0.717) is 29.0 Å². The molecule has 1 N–H and O–H groups in total. The van der Waals surface area contributed by atoms with Crippen LogP contribution in [0.25, 0.3) is 22.5 Å². The Morgan fingerprint density at radius 2 is 1.69 bits per heavy atom. The highest BCUT2D eigenvalue weighted by atomic mass is 35.5. The van der Waals surface area contributed by atoms with Crippen LogP contribution >= 0.6 is 11.6 Å². The zero-order chi connectivity index (χ0) is 20.1. The number of carbonyl (C=O) groups is 1. The molecule has 4 rings (SSSR count). The summed E-state index contributed by atoms with van der Waals surface area (Å²) in [4.78, 5) is 20.8. The zero-order valence-electron chi connectivity index (χ0n) is 15.4. The number of amides is 1. The Labute approximate surface area is 172 Å². The fraction of sp³-hybridized carbons (Fsp3) is 0.0909. The third kappa shape index (κ3) is 4.86. The van der Waals surface area contributed by atoms with Crippen LogP contribution in [-0.4, -0.2) is 21.0 Å². The summed E-state index contributed by atoms with van der Waals surface area (Å²) in [6.07, 6.45) is 2.29. The summed E-state index contributed by atoms with van der Waals surface area (Å²) < 4.78 is 5.22. The van der Waals surface area contributed by atoms with Crippen molar-refractivity contribution in [1.29, 1.82) is 0 Å². The smallest absolute Gasteiger partial charge is 0.227 e. The molecule has 29 heavy (non-hydrogen) atoms. The summed E-state index contributed by atoms with van der Waals surface area (Å²) in [6.45, 7) is 0. The number of aromatic nitrogens is 3. The van der Waals surface area contributed by atoms with Gasteiger partial charge in [-0.25, -0.2) is 4.98 Å². The van der Waals surface area contributed by atoms with Gasteiger partial charge >= 0.3 is 0 Å². The number of benzene rings is 2. The second-order valence-electron chi connectivity index (χ2n) is 6.36. The van der Waals surface area contributed by atoms with Crippen molar-refractivity contribution in [2.24, 2.45) is 0 Å². The predicted octanol–water partition coefficient (Wildman–Crippen LogP) is 5.02. The molecule has 0 aliphatic heterocycles. The minimum atomic E-state index is -0.170. The molecule has 1 amide bonds. The predicted molar refractivity (Wildman–Crippen MR) is 111 cm³/mol. The van der Waals surface area contributed by atoms with E-state index in [0.717, 1.165) is 16.7 Å². The first kappa shape index (κ1) is 18.8. The summed E-state index contributed by atoms with van der Waals surface area (Å²) >= 11 is 5.88. The molecule has 0 saturated carbocycles. The Bertz CT molecular complexity index is 1090. The van der Waals surface area contributed by atoms with Crippen LogP contribution in [0.2, 0.25) is 5.02 Å². The molecule has 0 saturated heterocycles. The average molecular weight is 405 g/mol. The highest BCUT2D eigenvalue weighted by molar-refractivity contribution is 6.30. The van der Waals surface area contributed by atoms with E-state index < -0.39 is 0 Å². The van der Waals surface area contributed by atoms with E-state index in [1.54, 1.807) is 24.4 Å². The van der Waals surface area contributed by atoms with Gasteiger partial charge in [0.05, 0.1) is 0 Å². The largest absolute Gasteiger partial charge is 0.339 e. The minimum Gasteiger partial charge on any atom is -0.339 e. The van der Waals surface area contributed by atoms with Crippen molar-refractivity contribution < 1.29 is 9.32 Å². The topological polar surface area (TPSA) is 80.9 Å². The number of halogens is 1. The molecule has 144 valence electrons. The molecule has 4 aromatic rings. The molecule has 2 heterocycles. The SMILES string of the molecule is O=C(CCc1nc(-c2ccc(Cl)cc2)no1)Nc1ccc(-c2ccccc2)cn1. The van der Waals surface area contributed by atoms with Gasteiger partial charge in [0.2, 0.25) is 17.6 Å². The van der Waals surface area contributed by atoms with Crippen molar-refractivity contribution in [2.75, 3.05) is 5.32 Å². The van der Waals surface area contributed by atoms with E-state index in [4.69, 9.17) is 16.1 Å². The molecule has 0 spiro atoms. The molecule has 7 heteroatoms. The van der Waals surface area contributed by atoms with Gasteiger partial charge < -0.3 is 9.84 Å². The number of carbonyl (C=O) groups excluding carboxylic acids is 1. The number of hydrogen-bond donors (Lipinski definition) is 1. The molecule has 0 unspecified atom stereocenters. The molecule has 0 radical (unpaired) electrons. The summed E-state index contributed by atoms with van der Waals surface area (Å²) in [6, 6.07) is 20.8. The normalized spacial score (nSPS) is 10.7. The lowest BCUT2D eigenvalue weighted by atomic mass is 10.1. The fourth-order valence-corrected chi connectivity index (χ4v) is 2.89. The Morgan fingerprint density at radius 1 is 0.931 bits per heavy atom. The third-order valence-electron chi connectivity index (χ3n) is 4.27. The van der Waals surface area contributed by atoms with Crippen molar-refractivity contribution in [2.45, 2.75) is 12.8 Å². The Balaban J connectivity index is 1.32. The van der Waals surface area contributed by atoms with Gasteiger partial charge in [-0.2, -0.15) is 4.98 Å². The highest BCUT2D eigenvalue weighted by Gasteiger charge is 2.11. The van der Waals surface area contributed by atoms with Crippen LogP contribution in [-0.2, 0) is 11.2 Å². The van der Waals surface area contributed by atoms with Crippen LogP contribution in [0.15, 0.2) is 77.4 Å². The van der Waals surface area contributed by atoms with Crippen LogP contribution in [0.4, 0.5) is 5.82 Å². The first-order valence-corrected chi connectivity index (χ1v) is 9.45. The van der Waals surface area contributed by atoms with Gasteiger partial charge in [-0.15, -0.1) is 0 Å². The monoisotopic (exact) mass is 404 g/mol. The lowest BCUT2D eigenvalue weighted by molar-refractivity contribution is -0.116. The molecule has 0 aliphatic carbocycles. The van der Waals surface area contributed by atoms with Crippen molar-refractivity contribution >= 4 is 23.3 Å². The Morgan fingerprint density at radius 3 is 2.41 bits per heavy atom. The van der Waals surface area contributed by atoms with Crippen LogP contribution in [0, 0.1) is 0 Å². The number of hydrogen-bond acceptors (Lipinski definition) is 5. The molecule has 2 aromatic carbocycles. The second kappa shape index (κ2) is 8.67. The minimum absolute atomic E-state index is 0.170.